The van der Waals surface area contributed by atoms with Crippen LogP contribution in [-0.2, 0) is 0 Å². The fourth-order valence-corrected chi connectivity index (χ4v) is 5.31. The van der Waals surface area contributed by atoms with Crippen LogP contribution in [-0.4, -0.2) is 35.8 Å². The van der Waals surface area contributed by atoms with Gasteiger partial charge in [0.1, 0.15) is 16.5 Å². The molecule has 3 aromatic rings. The fourth-order valence-electron chi connectivity index (χ4n) is 5.12. The number of methoxy groups -OCH3 is 2. The van der Waals surface area contributed by atoms with Crippen molar-refractivity contribution in [1.29, 1.82) is 0 Å². The predicted molar refractivity (Wildman–Crippen MR) is 146 cm³/mol. The number of nitrogens with zero attached hydrogens (tertiary/aromatic N) is 3. The molecule has 1 aliphatic heterocycles. The lowest BCUT2D eigenvalue weighted by atomic mass is 9.77. The van der Waals surface area contributed by atoms with Crippen LogP contribution in [0, 0.1) is 16.0 Å². The van der Waals surface area contributed by atoms with Crippen molar-refractivity contribution in [3.63, 3.8) is 0 Å². The lowest BCUT2D eigenvalue weighted by Crippen LogP contribution is -2.32. The van der Waals surface area contributed by atoms with Gasteiger partial charge in [0.15, 0.2) is 0 Å². The first-order valence-corrected chi connectivity index (χ1v) is 12.6. The van der Waals surface area contributed by atoms with Crippen LogP contribution in [0.1, 0.15) is 46.8 Å². The molecule has 2 atom stereocenters. The molecule has 3 aromatic carbocycles. The molecule has 1 heterocycles. The smallest absolute Gasteiger partial charge is 0.288 e. The van der Waals surface area contributed by atoms with Gasteiger partial charge in [0, 0.05) is 17.5 Å². The molecule has 1 saturated carbocycles. The molecule has 0 bridgehead atoms. The summed E-state index contributed by atoms with van der Waals surface area (Å²) in [5, 5.41) is 17.8. The zero-order valence-electron chi connectivity index (χ0n) is 21.0. The quantitative estimate of drug-likeness (QED) is 0.260. The first kappa shape index (κ1) is 25.5. The van der Waals surface area contributed by atoms with Gasteiger partial charge in [0.25, 0.3) is 11.6 Å². The molecule has 194 valence electrons. The second kappa shape index (κ2) is 10.7. The summed E-state index contributed by atoms with van der Waals surface area (Å²) in [7, 11) is 3.24. The van der Waals surface area contributed by atoms with E-state index in [2.05, 4.69) is 6.08 Å². The molecule has 2 unspecified atom stereocenters. The van der Waals surface area contributed by atoms with Gasteiger partial charge in [0.2, 0.25) is 0 Å². The molecular weight excluding hydrogens is 506 g/mol. The number of carbonyl (C=O) groups is 1. The lowest BCUT2D eigenvalue weighted by Gasteiger charge is -2.29. The fraction of sp³-hybridized carbons (Fsp3) is 0.241. The van der Waals surface area contributed by atoms with Gasteiger partial charge in [-0.25, -0.2) is 5.01 Å². The van der Waals surface area contributed by atoms with Crippen molar-refractivity contribution in [3.8, 4) is 11.5 Å². The van der Waals surface area contributed by atoms with Crippen molar-refractivity contribution in [1.82, 2.24) is 5.01 Å². The standard InChI is InChI=1S/C29H26ClN3O5/c1-37-22-11-6-18(7-12-22)16-20-4-3-5-24-27(20)31-32(28(24)19-8-13-23(38-2)14-9-19)29(34)21-10-15-25(30)26(17-21)33(35)36/h6-17,24,28H,3-5H2,1-2H3. The molecule has 0 spiro atoms. The van der Waals surface area contributed by atoms with Crippen LogP contribution in [0.5, 0.6) is 11.5 Å². The molecule has 8 nitrogen and oxygen atoms in total. The Kier molecular flexibility index (Phi) is 7.15. The second-order valence-corrected chi connectivity index (χ2v) is 9.62. The normalized spacial score (nSPS) is 19.6. The van der Waals surface area contributed by atoms with Crippen molar-refractivity contribution in [2.45, 2.75) is 25.3 Å². The van der Waals surface area contributed by atoms with Crippen LogP contribution >= 0.6 is 11.6 Å². The first-order chi connectivity index (χ1) is 18.4. The largest absolute Gasteiger partial charge is 0.497 e. The van der Waals surface area contributed by atoms with E-state index in [1.165, 1.54) is 23.2 Å². The third-order valence-electron chi connectivity index (χ3n) is 7.01. The number of benzene rings is 3. The maximum atomic E-state index is 13.8. The number of nitro groups is 1. The minimum Gasteiger partial charge on any atom is -0.497 e. The minimum absolute atomic E-state index is 0.0205. The molecule has 2 aliphatic rings. The van der Waals surface area contributed by atoms with Crippen molar-refractivity contribution in [2.75, 3.05) is 14.2 Å². The molecule has 1 fully saturated rings. The number of allylic oxidation sites excluding steroid dienone is 1. The number of halogens is 1. The third-order valence-corrected chi connectivity index (χ3v) is 7.33. The zero-order chi connectivity index (χ0) is 26.8. The number of carbonyl (C=O) groups excluding carboxylic acids is 1. The van der Waals surface area contributed by atoms with Crippen molar-refractivity contribution >= 4 is 35.0 Å². The molecule has 0 aromatic heterocycles. The molecular formula is C29H26ClN3O5. The SMILES string of the molecule is COc1ccc(C=C2CCCC3C2=NN(C(=O)c2ccc(Cl)c([N+](=O)[O-])c2)C3c2ccc(OC)cc2)cc1. The Balaban J connectivity index is 1.57. The Morgan fingerprint density at radius 1 is 1.05 bits per heavy atom. The number of hydrazone groups is 1. The van der Waals surface area contributed by atoms with Crippen LogP contribution in [0.15, 0.2) is 77.4 Å². The molecule has 38 heavy (non-hydrogen) atoms. The summed E-state index contributed by atoms with van der Waals surface area (Å²) in [5.41, 5.74) is 3.71. The van der Waals surface area contributed by atoms with E-state index in [9.17, 15) is 14.9 Å². The average molecular weight is 532 g/mol. The van der Waals surface area contributed by atoms with Crippen LogP contribution in [0.25, 0.3) is 6.08 Å². The summed E-state index contributed by atoms with van der Waals surface area (Å²) < 4.78 is 10.6. The van der Waals surface area contributed by atoms with Crippen LogP contribution < -0.4 is 9.47 Å². The van der Waals surface area contributed by atoms with Crippen molar-refractivity contribution < 1.29 is 19.2 Å². The number of fused-ring (bicyclic) bond motifs is 1. The van der Waals surface area contributed by atoms with Gasteiger partial charge in [-0.15, -0.1) is 0 Å². The Bertz CT molecular complexity index is 1430. The summed E-state index contributed by atoms with van der Waals surface area (Å²) in [4.78, 5) is 24.7. The van der Waals surface area contributed by atoms with Crippen LogP contribution in [0.3, 0.4) is 0 Å². The summed E-state index contributed by atoms with van der Waals surface area (Å²) in [6.07, 6.45) is 4.76. The predicted octanol–water partition coefficient (Wildman–Crippen LogP) is 6.70. The van der Waals surface area contributed by atoms with Gasteiger partial charge in [-0.3, -0.25) is 14.9 Å². The van der Waals surface area contributed by atoms with Gasteiger partial charge in [-0.1, -0.05) is 35.9 Å². The van der Waals surface area contributed by atoms with Crippen LogP contribution in [0.2, 0.25) is 5.02 Å². The topological polar surface area (TPSA) is 94.3 Å². The molecule has 1 aliphatic carbocycles. The minimum atomic E-state index is -0.592. The number of amides is 1. The Morgan fingerprint density at radius 2 is 1.71 bits per heavy atom. The van der Waals surface area contributed by atoms with Crippen LogP contribution in [0.4, 0.5) is 5.69 Å². The zero-order valence-corrected chi connectivity index (χ0v) is 21.7. The average Bonchev–Trinajstić information content (AvgIpc) is 3.34. The lowest BCUT2D eigenvalue weighted by molar-refractivity contribution is -0.384. The van der Waals surface area contributed by atoms with E-state index in [0.29, 0.717) is 5.75 Å². The van der Waals surface area contributed by atoms with Gasteiger partial charge in [-0.05, 0) is 78.4 Å². The maximum absolute atomic E-state index is 13.8. The molecule has 5 rings (SSSR count). The summed E-state index contributed by atoms with van der Waals surface area (Å²) in [6.45, 7) is 0. The summed E-state index contributed by atoms with van der Waals surface area (Å²) in [5.74, 6) is 1.05. The highest BCUT2D eigenvalue weighted by Crippen LogP contribution is 2.45. The molecule has 0 saturated heterocycles. The van der Waals surface area contributed by atoms with E-state index in [1.54, 1.807) is 14.2 Å². The number of ether oxygens (including phenoxy) is 2. The van der Waals surface area contributed by atoms with Crippen molar-refractivity contribution in [2.24, 2.45) is 11.0 Å². The third kappa shape index (κ3) is 4.87. The maximum Gasteiger partial charge on any atom is 0.288 e. The van der Waals surface area contributed by atoms with Gasteiger partial charge in [-0.2, -0.15) is 5.10 Å². The second-order valence-electron chi connectivity index (χ2n) is 9.22. The van der Waals surface area contributed by atoms with Crippen molar-refractivity contribution in [3.05, 3.63) is 104 Å². The van der Waals surface area contributed by atoms with E-state index >= 15 is 0 Å². The van der Waals surface area contributed by atoms with E-state index in [-0.39, 0.29) is 28.2 Å². The highest BCUT2D eigenvalue weighted by molar-refractivity contribution is 6.32. The molecule has 0 N–H and O–H groups in total. The molecule has 0 radical (unpaired) electrons. The number of hydrogen-bond donors (Lipinski definition) is 0. The highest BCUT2D eigenvalue weighted by Gasteiger charge is 2.44. The van der Waals surface area contributed by atoms with Gasteiger partial charge >= 0.3 is 0 Å². The van der Waals surface area contributed by atoms with Gasteiger partial charge in [0.05, 0.1) is 30.9 Å². The molecule has 1 amide bonds. The Labute approximate surface area is 225 Å². The number of hydrogen-bond acceptors (Lipinski definition) is 6. The number of rotatable bonds is 6. The molecule has 9 heteroatoms. The monoisotopic (exact) mass is 531 g/mol. The van der Waals surface area contributed by atoms with E-state index in [1.807, 2.05) is 48.5 Å². The number of nitro benzene ring substituents is 1. The van der Waals surface area contributed by atoms with E-state index < -0.39 is 10.8 Å². The first-order valence-electron chi connectivity index (χ1n) is 12.2. The van der Waals surface area contributed by atoms with Gasteiger partial charge < -0.3 is 9.47 Å². The van der Waals surface area contributed by atoms with E-state index in [4.69, 9.17) is 26.2 Å². The Morgan fingerprint density at radius 3 is 2.34 bits per heavy atom. The highest BCUT2D eigenvalue weighted by atomic mass is 35.5. The summed E-state index contributed by atoms with van der Waals surface area (Å²) >= 11 is 6.00. The Hall–Kier alpha value is -4.17. The van der Waals surface area contributed by atoms with E-state index in [0.717, 1.165) is 47.4 Å². The summed E-state index contributed by atoms with van der Waals surface area (Å²) in [6, 6.07) is 19.1.